The second kappa shape index (κ2) is 4.43. The third-order valence-electron chi connectivity index (χ3n) is 2.69. The Morgan fingerprint density at radius 3 is 2.60 bits per heavy atom. The summed E-state index contributed by atoms with van der Waals surface area (Å²) in [6.45, 7) is 2.18. The van der Waals surface area contributed by atoms with Gasteiger partial charge < -0.3 is 0 Å². The molecule has 0 aromatic heterocycles. The van der Waals surface area contributed by atoms with Crippen LogP contribution in [0.5, 0.6) is 0 Å². The van der Waals surface area contributed by atoms with Crippen molar-refractivity contribution < 1.29 is 4.39 Å². The van der Waals surface area contributed by atoms with E-state index in [4.69, 9.17) is 0 Å². The molecule has 0 nitrogen and oxygen atoms in total. The van der Waals surface area contributed by atoms with Gasteiger partial charge in [-0.1, -0.05) is 37.6 Å². The minimum atomic E-state index is -0.157. The van der Waals surface area contributed by atoms with Gasteiger partial charge in [0.25, 0.3) is 0 Å². The van der Waals surface area contributed by atoms with E-state index in [1.54, 1.807) is 6.07 Å². The van der Waals surface area contributed by atoms with Gasteiger partial charge in [0.1, 0.15) is 5.82 Å². The van der Waals surface area contributed by atoms with Gasteiger partial charge >= 0.3 is 0 Å². The summed E-state index contributed by atoms with van der Waals surface area (Å²) in [5.74, 6) is -0.157. The lowest BCUT2D eigenvalue weighted by Crippen LogP contribution is -1.85. The van der Waals surface area contributed by atoms with E-state index in [0.717, 1.165) is 17.2 Å². The zero-order chi connectivity index (χ0) is 10.7. The van der Waals surface area contributed by atoms with E-state index in [9.17, 15) is 4.39 Å². The van der Waals surface area contributed by atoms with E-state index in [2.05, 4.69) is 25.1 Å². The van der Waals surface area contributed by atoms with Gasteiger partial charge in [0, 0.05) is 0 Å². The third-order valence-corrected chi connectivity index (χ3v) is 2.69. The molecule has 0 aliphatic heterocycles. The number of unbranched alkanes of at least 4 members (excludes halogenated alkanes) is 1. The minimum Gasteiger partial charge on any atom is -0.207 e. The van der Waals surface area contributed by atoms with Gasteiger partial charge in [-0.25, -0.2) is 4.39 Å². The van der Waals surface area contributed by atoms with Gasteiger partial charge in [-0.05, 0) is 41.3 Å². The van der Waals surface area contributed by atoms with Gasteiger partial charge in [-0.3, -0.25) is 0 Å². The number of halogens is 1. The molecular weight excluding hydrogens is 187 g/mol. The van der Waals surface area contributed by atoms with E-state index in [0.29, 0.717) is 0 Å². The predicted octanol–water partition coefficient (Wildman–Crippen LogP) is 4.32. The third kappa shape index (κ3) is 2.35. The van der Waals surface area contributed by atoms with Gasteiger partial charge in [0.2, 0.25) is 0 Å². The van der Waals surface area contributed by atoms with Gasteiger partial charge in [-0.15, -0.1) is 0 Å². The van der Waals surface area contributed by atoms with Crippen LogP contribution in [0.4, 0.5) is 4.39 Å². The molecule has 78 valence electrons. The molecule has 1 heteroatoms. The Bertz CT molecular complexity index is 460. The Morgan fingerprint density at radius 2 is 1.80 bits per heavy atom. The Morgan fingerprint density at radius 1 is 1.00 bits per heavy atom. The highest BCUT2D eigenvalue weighted by molar-refractivity contribution is 5.83. The molecule has 0 radical (unpaired) electrons. The Balaban J connectivity index is 2.36. The number of hydrogen-bond acceptors (Lipinski definition) is 0. The standard InChI is InChI=1S/C14H15F/c1-2-3-4-11-5-6-12-7-8-14(15)10-13(12)9-11/h5-10H,2-4H2,1H3. The molecule has 2 aromatic rings. The zero-order valence-corrected chi connectivity index (χ0v) is 8.96. The van der Waals surface area contributed by atoms with Crippen LogP contribution >= 0.6 is 0 Å². The molecule has 0 fully saturated rings. The molecule has 0 bridgehead atoms. The summed E-state index contributed by atoms with van der Waals surface area (Å²) in [6, 6.07) is 11.2. The van der Waals surface area contributed by atoms with E-state index < -0.39 is 0 Å². The molecule has 0 unspecified atom stereocenters. The summed E-state index contributed by atoms with van der Waals surface area (Å²) in [7, 11) is 0. The average Bonchev–Trinajstić information content (AvgIpc) is 2.25. The van der Waals surface area contributed by atoms with Crippen LogP contribution in [0.2, 0.25) is 0 Å². The molecule has 2 rings (SSSR count). The van der Waals surface area contributed by atoms with Crippen molar-refractivity contribution in [1.82, 2.24) is 0 Å². The molecule has 0 saturated carbocycles. The number of rotatable bonds is 3. The summed E-state index contributed by atoms with van der Waals surface area (Å²) < 4.78 is 13.0. The fraction of sp³-hybridized carbons (Fsp3) is 0.286. The molecule has 0 amide bonds. The molecule has 2 aromatic carbocycles. The summed E-state index contributed by atoms with van der Waals surface area (Å²) >= 11 is 0. The van der Waals surface area contributed by atoms with Gasteiger partial charge in [0.05, 0.1) is 0 Å². The second-order valence-corrected chi connectivity index (χ2v) is 3.93. The van der Waals surface area contributed by atoms with Crippen molar-refractivity contribution in [2.24, 2.45) is 0 Å². The van der Waals surface area contributed by atoms with Crippen LogP contribution in [0, 0.1) is 5.82 Å². The molecule has 0 aliphatic rings. The van der Waals surface area contributed by atoms with Gasteiger partial charge in [0.15, 0.2) is 0 Å². The molecule has 0 spiro atoms. The highest BCUT2D eigenvalue weighted by Crippen LogP contribution is 2.18. The summed E-state index contributed by atoms with van der Waals surface area (Å²) in [5, 5.41) is 2.11. The second-order valence-electron chi connectivity index (χ2n) is 3.93. The van der Waals surface area contributed by atoms with E-state index in [-0.39, 0.29) is 5.82 Å². The SMILES string of the molecule is CCCCc1ccc2ccc(F)cc2c1. The number of benzene rings is 2. The first-order valence-corrected chi connectivity index (χ1v) is 5.48. The molecular formula is C14H15F. The predicted molar refractivity (Wildman–Crippen MR) is 62.5 cm³/mol. The summed E-state index contributed by atoms with van der Waals surface area (Å²) in [5.41, 5.74) is 1.30. The van der Waals surface area contributed by atoms with Crippen LogP contribution in [0.25, 0.3) is 10.8 Å². The van der Waals surface area contributed by atoms with Crippen molar-refractivity contribution >= 4 is 10.8 Å². The lowest BCUT2D eigenvalue weighted by Gasteiger charge is -2.03. The highest BCUT2D eigenvalue weighted by atomic mass is 19.1. The fourth-order valence-electron chi connectivity index (χ4n) is 1.80. The monoisotopic (exact) mass is 202 g/mol. The van der Waals surface area contributed by atoms with Crippen molar-refractivity contribution in [2.45, 2.75) is 26.2 Å². The molecule has 15 heavy (non-hydrogen) atoms. The van der Waals surface area contributed by atoms with Crippen molar-refractivity contribution in [3.05, 3.63) is 47.8 Å². The first-order chi connectivity index (χ1) is 7.29. The maximum atomic E-state index is 13.0. The lowest BCUT2D eigenvalue weighted by atomic mass is 10.0. The van der Waals surface area contributed by atoms with E-state index in [1.165, 1.54) is 24.5 Å². The summed E-state index contributed by atoms with van der Waals surface area (Å²) in [6.07, 6.45) is 3.48. The van der Waals surface area contributed by atoms with Crippen LogP contribution in [-0.4, -0.2) is 0 Å². The van der Waals surface area contributed by atoms with Crippen molar-refractivity contribution in [3.63, 3.8) is 0 Å². The topological polar surface area (TPSA) is 0 Å². The van der Waals surface area contributed by atoms with E-state index >= 15 is 0 Å². The first kappa shape index (κ1) is 10.2. The average molecular weight is 202 g/mol. The maximum absolute atomic E-state index is 13.0. The Labute approximate surface area is 89.7 Å². The smallest absolute Gasteiger partial charge is 0.123 e. The first-order valence-electron chi connectivity index (χ1n) is 5.48. The normalized spacial score (nSPS) is 10.8. The van der Waals surface area contributed by atoms with Crippen molar-refractivity contribution in [3.8, 4) is 0 Å². The maximum Gasteiger partial charge on any atom is 0.123 e. The van der Waals surface area contributed by atoms with Crippen LogP contribution in [0.15, 0.2) is 36.4 Å². The number of hydrogen-bond donors (Lipinski definition) is 0. The van der Waals surface area contributed by atoms with Crippen molar-refractivity contribution in [1.29, 1.82) is 0 Å². The minimum absolute atomic E-state index is 0.157. The number of fused-ring (bicyclic) bond motifs is 1. The molecule has 0 aliphatic carbocycles. The van der Waals surface area contributed by atoms with Crippen LogP contribution in [-0.2, 0) is 6.42 Å². The number of aryl methyl sites for hydroxylation is 1. The fourth-order valence-corrected chi connectivity index (χ4v) is 1.80. The van der Waals surface area contributed by atoms with Crippen LogP contribution in [0.1, 0.15) is 25.3 Å². The molecule has 0 heterocycles. The Hall–Kier alpha value is -1.37. The lowest BCUT2D eigenvalue weighted by molar-refractivity contribution is 0.629. The van der Waals surface area contributed by atoms with Crippen LogP contribution < -0.4 is 0 Å². The molecule has 0 N–H and O–H groups in total. The summed E-state index contributed by atoms with van der Waals surface area (Å²) in [4.78, 5) is 0. The highest BCUT2D eigenvalue weighted by Gasteiger charge is 1.98. The van der Waals surface area contributed by atoms with Crippen LogP contribution in [0.3, 0.4) is 0 Å². The molecule has 0 saturated heterocycles. The Kier molecular flexibility index (Phi) is 3.00. The van der Waals surface area contributed by atoms with Gasteiger partial charge in [-0.2, -0.15) is 0 Å². The largest absolute Gasteiger partial charge is 0.207 e. The quantitative estimate of drug-likeness (QED) is 0.695. The molecule has 0 atom stereocenters. The van der Waals surface area contributed by atoms with E-state index in [1.807, 2.05) is 6.07 Å². The zero-order valence-electron chi connectivity index (χ0n) is 8.96. The van der Waals surface area contributed by atoms with Crippen molar-refractivity contribution in [2.75, 3.05) is 0 Å².